The van der Waals surface area contributed by atoms with Gasteiger partial charge < -0.3 is 0 Å². The fourth-order valence-electron chi connectivity index (χ4n) is 1.97. The van der Waals surface area contributed by atoms with Crippen molar-refractivity contribution >= 4 is 10.4 Å². The molecule has 110 valence electrons. The predicted octanol–water partition coefficient (Wildman–Crippen LogP) is 3.83. The molecule has 0 spiro atoms. The Hall–Kier alpha value is -0.130. The van der Waals surface area contributed by atoms with E-state index in [4.69, 9.17) is 4.55 Å². The van der Waals surface area contributed by atoms with Crippen molar-refractivity contribution in [3.05, 3.63) is 0 Å². The van der Waals surface area contributed by atoms with Crippen LogP contribution in [0.1, 0.15) is 65.7 Å². The highest BCUT2D eigenvalue weighted by Gasteiger charge is 2.09. The number of hydrogen-bond donors (Lipinski definition) is 1. The van der Waals surface area contributed by atoms with Crippen LogP contribution in [0.2, 0.25) is 0 Å². The average Bonchev–Trinajstić information content (AvgIpc) is 2.28. The molecule has 0 amide bonds. The maximum absolute atomic E-state index is 10.4. The number of unbranched alkanes of at least 4 members (excludes halogenated alkanes) is 2. The Balaban J connectivity index is 3.48. The third-order valence-corrected chi connectivity index (χ3v) is 3.63. The maximum Gasteiger partial charge on any atom is 0.397 e. The molecule has 18 heavy (non-hydrogen) atoms. The van der Waals surface area contributed by atoms with E-state index < -0.39 is 10.4 Å². The first-order chi connectivity index (χ1) is 8.35. The van der Waals surface area contributed by atoms with Crippen molar-refractivity contribution in [2.24, 2.45) is 11.8 Å². The zero-order valence-corrected chi connectivity index (χ0v) is 12.7. The van der Waals surface area contributed by atoms with Gasteiger partial charge in [0.15, 0.2) is 0 Å². The van der Waals surface area contributed by atoms with E-state index in [0.29, 0.717) is 0 Å². The van der Waals surface area contributed by atoms with Crippen LogP contribution in [0, 0.1) is 11.8 Å². The van der Waals surface area contributed by atoms with Crippen LogP contribution >= 0.6 is 0 Å². The number of hydrogen-bond acceptors (Lipinski definition) is 3. The summed E-state index contributed by atoms with van der Waals surface area (Å²) in [4.78, 5) is 0. The van der Waals surface area contributed by atoms with E-state index in [-0.39, 0.29) is 12.5 Å². The molecule has 0 radical (unpaired) electrons. The van der Waals surface area contributed by atoms with Gasteiger partial charge in [0.25, 0.3) is 0 Å². The van der Waals surface area contributed by atoms with Gasteiger partial charge in [-0.15, -0.1) is 0 Å². The predicted molar refractivity (Wildman–Crippen MR) is 73.8 cm³/mol. The molecule has 2 atom stereocenters. The van der Waals surface area contributed by atoms with Crippen molar-refractivity contribution in [1.29, 1.82) is 0 Å². The summed E-state index contributed by atoms with van der Waals surface area (Å²) in [6, 6.07) is 0. The van der Waals surface area contributed by atoms with Crippen LogP contribution in [0.15, 0.2) is 0 Å². The Bertz CT molecular complexity index is 287. The van der Waals surface area contributed by atoms with Gasteiger partial charge in [-0.3, -0.25) is 4.55 Å². The van der Waals surface area contributed by atoms with Gasteiger partial charge in [0.1, 0.15) is 0 Å². The summed E-state index contributed by atoms with van der Waals surface area (Å²) in [6.07, 6.45) is 8.32. The molecular formula is C13H28O4S. The van der Waals surface area contributed by atoms with Gasteiger partial charge in [0.05, 0.1) is 6.61 Å². The van der Waals surface area contributed by atoms with Crippen LogP contribution in [0.4, 0.5) is 0 Å². The minimum absolute atomic E-state index is 0.0736. The standard InChI is InChI=1S/C13H28O4S/c1-4-5-8-12(2)9-6-7-10-13(3)11-17-18(14,15)16/h12-13H,4-11H2,1-3H3,(H,14,15,16). The SMILES string of the molecule is CCCCC(C)CCCCC(C)COS(=O)(=O)O. The molecule has 0 aromatic carbocycles. The molecule has 1 N–H and O–H groups in total. The van der Waals surface area contributed by atoms with Crippen molar-refractivity contribution in [2.75, 3.05) is 6.61 Å². The second kappa shape index (κ2) is 9.75. The zero-order chi connectivity index (χ0) is 14.0. The Morgan fingerprint density at radius 1 is 1.00 bits per heavy atom. The van der Waals surface area contributed by atoms with Crippen LogP contribution in [0.25, 0.3) is 0 Å². The van der Waals surface area contributed by atoms with Crippen LogP contribution in [0.3, 0.4) is 0 Å². The summed E-state index contributed by atoms with van der Waals surface area (Å²) in [7, 11) is -4.27. The van der Waals surface area contributed by atoms with E-state index in [1.807, 2.05) is 6.92 Å². The quantitative estimate of drug-likeness (QED) is 0.461. The largest absolute Gasteiger partial charge is 0.397 e. The summed E-state index contributed by atoms with van der Waals surface area (Å²) >= 11 is 0. The summed E-state index contributed by atoms with van der Waals surface area (Å²) in [6.45, 7) is 6.51. The molecule has 2 unspecified atom stereocenters. The smallest absolute Gasteiger partial charge is 0.264 e. The number of rotatable bonds is 11. The van der Waals surface area contributed by atoms with Gasteiger partial charge in [-0.05, 0) is 18.3 Å². The lowest BCUT2D eigenvalue weighted by Crippen LogP contribution is -2.11. The van der Waals surface area contributed by atoms with Gasteiger partial charge in [0.2, 0.25) is 0 Å². The van der Waals surface area contributed by atoms with Crippen molar-refractivity contribution in [3.8, 4) is 0 Å². The van der Waals surface area contributed by atoms with Gasteiger partial charge >= 0.3 is 10.4 Å². The average molecular weight is 280 g/mol. The Morgan fingerprint density at radius 3 is 2.00 bits per heavy atom. The third-order valence-electron chi connectivity index (χ3n) is 3.20. The molecule has 0 saturated heterocycles. The molecule has 0 saturated carbocycles. The van der Waals surface area contributed by atoms with Crippen LogP contribution in [0.5, 0.6) is 0 Å². The van der Waals surface area contributed by atoms with Crippen molar-refractivity contribution in [2.45, 2.75) is 65.7 Å². The summed E-state index contributed by atoms with van der Waals surface area (Å²) in [5.74, 6) is 0.951. The Morgan fingerprint density at radius 2 is 1.50 bits per heavy atom. The second-order valence-electron chi connectivity index (χ2n) is 5.35. The zero-order valence-electron chi connectivity index (χ0n) is 11.9. The molecule has 0 aliphatic rings. The summed E-state index contributed by atoms with van der Waals surface area (Å²) in [5.41, 5.74) is 0. The first kappa shape index (κ1) is 17.9. The molecule has 0 aliphatic heterocycles. The van der Waals surface area contributed by atoms with E-state index in [1.165, 1.54) is 32.1 Å². The van der Waals surface area contributed by atoms with Gasteiger partial charge in [-0.2, -0.15) is 8.42 Å². The first-order valence-corrected chi connectivity index (χ1v) is 8.33. The maximum atomic E-state index is 10.4. The molecule has 5 heteroatoms. The van der Waals surface area contributed by atoms with Crippen molar-refractivity contribution < 1.29 is 17.2 Å². The van der Waals surface area contributed by atoms with E-state index >= 15 is 0 Å². The topological polar surface area (TPSA) is 63.6 Å². The van der Waals surface area contributed by atoms with Gasteiger partial charge in [0, 0.05) is 0 Å². The van der Waals surface area contributed by atoms with E-state index in [1.54, 1.807) is 0 Å². The first-order valence-electron chi connectivity index (χ1n) is 6.97. The second-order valence-corrected chi connectivity index (χ2v) is 6.44. The van der Waals surface area contributed by atoms with Gasteiger partial charge in [-0.25, -0.2) is 4.18 Å². The van der Waals surface area contributed by atoms with Crippen molar-refractivity contribution in [1.82, 2.24) is 0 Å². The fourth-order valence-corrected chi connectivity index (χ4v) is 2.37. The fraction of sp³-hybridized carbons (Fsp3) is 1.00. The molecule has 4 nitrogen and oxygen atoms in total. The summed E-state index contributed by atoms with van der Waals surface area (Å²) < 4.78 is 33.6. The molecule has 0 aliphatic carbocycles. The highest BCUT2D eigenvalue weighted by atomic mass is 32.3. The molecule has 0 aromatic heterocycles. The highest BCUT2D eigenvalue weighted by Crippen LogP contribution is 2.17. The Labute approximate surface area is 112 Å². The molecule has 0 bridgehead atoms. The van der Waals surface area contributed by atoms with Crippen LogP contribution in [-0.4, -0.2) is 19.6 Å². The highest BCUT2D eigenvalue weighted by molar-refractivity contribution is 7.80. The van der Waals surface area contributed by atoms with Gasteiger partial charge in [-0.1, -0.05) is 59.3 Å². The minimum atomic E-state index is -4.27. The van der Waals surface area contributed by atoms with E-state index in [2.05, 4.69) is 18.0 Å². The van der Waals surface area contributed by atoms with E-state index in [9.17, 15) is 8.42 Å². The molecular weight excluding hydrogens is 252 g/mol. The molecule has 0 heterocycles. The van der Waals surface area contributed by atoms with Crippen LogP contribution < -0.4 is 0 Å². The lowest BCUT2D eigenvalue weighted by Gasteiger charge is -2.12. The molecule has 0 rings (SSSR count). The third kappa shape index (κ3) is 12.3. The van der Waals surface area contributed by atoms with E-state index in [0.717, 1.165) is 18.8 Å². The molecule has 0 aromatic rings. The normalized spacial score (nSPS) is 15.6. The van der Waals surface area contributed by atoms with Crippen LogP contribution in [-0.2, 0) is 14.6 Å². The Kier molecular flexibility index (Phi) is 9.68. The molecule has 0 fully saturated rings. The lowest BCUT2D eigenvalue weighted by molar-refractivity contribution is 0.222. The minimum Gasteiger partial charge on any atom is -0.264 e. The monoisotopic (exact) mass is 280 g/mol. The van der Waals surface area contributed by atoms with Crippen molar-refractivity contribution in [3.63, 3.8) is 0 Å². The lowest BCUT2D eigenvalue weighted by atomic mass is 9.96. The summed E-state index contributed by atoms with van der Waals surface area (Å²) in [5, 5.41) is 0.